The lowest BCUT2D eigenvalue weighted by atomic mass is 10.1. The molecule has 0 N–H and O–H groups in total. The van der Waals surface area contributed by atoms with Gasteiger partial charge >= 0.3 is 0 Å². The fourth-order valence-corrected chi connectivity index (χ4v) is 8.81. The summed E-state index contributed by atoms with van der Waals surface area (Å²) in [6.45, 7) is 0. The van der Waals surface area contributed by atoms with E-state index in [4.69, 9.17) is 9.97 Å². The summed E-state index contributed by atoms with van der Waals surface area (Å²) in [4.78, 5) is 10.3. The molecule has 12 rings (SSSR count). The molecule has 0 amide bonds. The number of para-hydroxylation sites is 4. The summed E-state index contributed by atoms with van der Waals surface area (Å²) in [5, 5.41) is 7.18. The molecule has 0 aliphatic heterocycles. The second-order valence-electron chi connectivity index (χ2n) is 14.4. The number of hydrogen-bond donors (Lipinski definition) is 0. The van der Waals surface area contributed by atoms with E-state index >= 15 is 0 Å². The minimum Gasteiger partial charge on any atom is -0.315 e. The average molecular weight is 717 g/mol. The molecule has 0 radical (unpaired) electrons. The normalized spacial score (nSPS) is 11.9. The standard InChI is InChI=1S/C50H32N6/c1-3-11-37(12-4-1)53-29-27-33-19-23-41-39-15-7-9-17-43(39)55(49(41)47(33)53)45-25-21-35(31-51-45)36-22-26-46(52-32-36)56-44-18-10-8-16-40(44)42-24-20-34-28-30-54(48(34)50(42)56)38-13-5-2-6-14-38/h1-32H. The first kappa shape index (κ1) is 30.7. The van der Waals surface area contributed by atoms with Crippen molar-refractivity contribution >= 4 is 65.4 Å². The largest absolute Gasteiger partial charge is 0.315 e. The van der Waals surface area contributed by atoms with E-state index < -0.39 is 0 Å². The third-order valence-corrected chi connectivity index (χ3v) is 11.3. The molecule has 0 aliphatic rings. The fraction of sp³-hybridized carbons (Fsp3) is 0. The van der Waals surface area contributed by atoms with Crippen molar-refractivity contribution in [2.45, 2.75) is 0 Å². The summed E-state index contributed by atoms with van der Waals surface area (Å²) in [6.07, 6.45) is 8.27. The van der Waals surface area contributed by atoms with Crippen LogP contribution in [0.1, 0.15) is 0 Å². The molecule has 0 saturated carbocycles. The number of aromatic nitrogens is 6. The zero-order chi connectivity index (χ0) is 36.7. The molecule has 6 aromatic heterocycles. The highest BCUT2D eigenvalue weighted by Gasteiger charge is 2.20. The van der Waals surface area contributed by atoms with Crippen molar-refractivity contribution in [2.24, 2.45) is 0 Å². The molecule has 6 heteroatoms. The van der Waals surface area contributed by atoms with Gasteiger partial charge in [-0.1, -0.05) is 97.1 Å². The Morgan fingerprint density at radius 2 is 0.750 bits per heavy atom. The molecular weight excluding hydrogens is 685 g/mol. The molecule has 6 nitrogen and oxygen atoms in total. The van der Waals surface area contributed by atoms with Crippen molar-refractivity contribution in [3.8, 4) is 34.1 Å². The van der Waals surface area contributed by atoms with Crippen LogP contribution in [-0.2, 0) is 0 Å². The molecule has 0 unspecified atom stereocenters. The molecule has 0 bridgehead atoms. The summed E-state index contributed by atoms with van der Waals surface area (Å²) in [7, 11) is 0. The summed E-state index contributed by atoms with van der Waals surface area (Å²) < 4.78 is 9.20. The lowest BCUT2D eigenvalue weighted by molar-refractivity contribution is 1.06. The highest BCUT2D eigenvalue weighted by atomic mass is 15.1. The quantitative estimate of drug-likeness (QED) is 0.178. The smallest absolute Gasteiger partial charge is 0.137 e. The Balaban J connectivity index is 0.988. The second-order valence-corrected chi connectivity index (χ2v) is 14.4. The Morgan fingerprint density at radius 3 is 1.18 bits per heavy atom. The molecule has 0 aliphatic carbocycles. The number of nitrogens with zero attached hydrogens (tertiary/aromatic N) is 6. The fourth-order valence-electron chi connectivity index (χ4n) is 8.81. The maximum atomic E-state index is 5.13. The van der Waals surface area contributed by atoms with E-state index in [0.717, 1.165) is 67.2 Å². The minimum absolute atomic E-state index is 0.869. The van der Waals surface area contributed by atoms with Crippen molar-refractivity contribution < 1.29 is 0 Å². The van der Waals surface area contributed by atoms with Gasteiger partial charge in [-0.2, -0.15) is 0 Å². The van der Waals surface area contributed by atoms with Gasteiger partial charge in [-0.25, -0.2) is 9.97 Å². The van der Waals surface area contributed by atoms with Crippen LogP contribution in [0.4, 0.5) is 0 Å². The van der Waals surface area contributed by atoms with Gasteiger partial charge < -0.3 is 9.13 Å². The van der Waals surface area contributed by atoms with Crippen molar-refractivity contribution in [2.75, 3.05) is 0 Å². The van der Waals surface area contributed by atoms with Crippen LogP contribution in [0.3, 0.4) is 0 Å². The van der Waals surface area contributed by atoms with Crippen LogP contribution in [0.25, 0.3) is 99.6 Å². The van der Waals surface area contributed by atoms with Gasteiger partial charge in [0.25, 0.3) is 0 Å². The summed E-state index contributed by atoms with van der Waals surface area (Å²) in [5.74, 6) is 1.74. The summed E-state index contributed by atoms with van der Waals surface area (Å²) >= 11 is 0. The van der Waals surface area contributed by atoms with E-state index in [2.05, 4.69) is 201 Å². The van der Waals surface area contributed by atoms with Crippen LogP contribution in [0.5, 0.6) is 0 Å². The second kappa shape index (κ2) is 11.9. The number of fused-ring (bicyclic) bond motifs is 10. The van der Waals surface area contributed by atoms with E-state index in [1.807, 2.05) is 12.4 Å². The Labute approximate surface area is 321 Å². The Bertz CT molecular complexity index is 3210. The van der Waals surface area contributed by atoms with Gasteiger partial charge in [-0.3, -0.25) is 9.13 Å². The van der Waals surface area contributed by atoms with Gasteiger partial charge in [-0.05, 0) is 72.8 Å². The topological polar surface area (TPSA) is 45.5 Å². The highest BCUT2D eigenvalue weighted by Crippen LogP contribution is 2.39. The first-order valence-electron chi connectivity index (χ1n) is 18.9. The predicted molar refractivity (Wildman–Crippen MR) is 230 cm³/mol. The van der Waals surface area contributed by atoms with Crippen LogP contribution in [0.2, 0.25) is 0 Å². The van der Waals surface area contributed by atoms with E-state index in [9.17, 15) is 0 Å². The van der Waals surface area contributed by atoms with Crippen LogP contribution < -0.4 is 0 Å². The maximum absolute atomic E-state index is 5.13. The molecule has 6 heterocycles. The third-order valence-electron chi connectivity index (χ3n) is 11.3. The molecule has 0 fully saturated rings. The van der Waals surface area contributed by atoms with Gasteiger partial charge in [0, 0.05) is 79.6 Å². The molecule has 56 heavy (non-hydrogen) atoms. The van der Waals surface area contributed by atoms with E-state index in [1.165, 1.54) is 32.3 Å². The number of pyridine rings is 2. The van der Waals surface area contributed by atoms with Gasteiger partial charge in [0.15, 0.2) is 0 Å². The Kier molecular flexibility index (Phi) is 6.53. The van der Waals surface area contributed by atoms with Gasteiger partial charge in [-0.15, -0.1) is 0 Å². The number of rotatable bonds is 5. The zero-order valence-electron chi connectivity index (χ0n) is 30.2. The molecule has 0 saturated heterocycles. The first-order valence-corrected chi connectivity index (χ1v) is 18.9. The van der Waals surface area contributed by atoms with Crippen molar-refractivity contribution in [1.29, 1.82) is 0 Å². The Hall–Kier alpha value is -7.70. The predicted octanol–water partition coefficient (Wildman–Crippen LogP) is 12.2. The summed E-state index contributed by atoms with van der Waals surface area (Å²) in [6, 6.07) is 60.2. The van der Waals surface area contributed by atoms with Gasteiger partial charge in [0.05, 0.1) is 33.1 Å². The molecule has 12 aromatic rings. The number of hydrogen-bond acceptors (Lipinski definition) is 2. The lowest BCUT2D eigenvalue weighted by Gasteiger charge is -2.12. The first-order chi connectivity index (χ1) is 27.8. The van der Waals surface area contributed by atoms with Crippen molar-refractivity contribution in [3.63, 3.8) is 0 Å². The summed E-state index contributed by atoms with van der Waals surface area (Å²) in [5.41, 5.74) is 11.1. The van der Waals surface area contributed by atoms with E-state index in [0.29, 0.717) is 0 Å². The van der Waals surface area contributed by atoms with Crippen LogP contribution in [0.15, 0.2) is 195 Å². The monoisotopic (exact) mass is 716 g/mol. The maximum Gasteiger partial charge on any atom is 0.137 e. The van der Waals surface area contributed by atoms with Crippen molar-refractivity contribution in [1.82, 2.24) is 28.2 Å². The van der Waals surface area contributed by atoms with Crippen LogP contribution in [-0.4, -0.2) is 28.2 Å². The van der Waals surface area contributed by atoms with Gasteiger partial charge in [0.1, 0.15) is 11.6 Å². The number of benzene rings is 6. The third kappa shape index (κ3) is 4.44. The van der Waals surface area contributed by atoms with Gasteiger partial charge in [0.2, 0.25) is 0 Å². The SMILES string of the molecule is c1ccc(-n2ccc3ccc4c5ccccc5n(-c5ccc(-c6ccc(-n7c8ccccc8c8ccc9ccn(-c%10ccccc%10)c9c87)nc6)cn5)c4c32)cc1. The Morgan fingerprint density at radius 1 is 0.321 bits per heavy atom. The highest BCUT2D eigenvalue weighted by molar-refractivity contribution is 6.19. The average Bonchev–Trinajstić information content (AvgIpc) is 4.05. The molecule has 0 atom stereocenters. The molecule has 0 spiro atoms. The molecular formula is C50H32N6. The van der Waals surface area contributed by atoms with E-state index in [1.54, 1.807) is 0 Å². The zero-order valence-corrected chi connectivity index (χ0v) is 30.2. The lowest BCUT2D eigenvalue weighted by Crippen LogP contribution is -2.01. The minimum atomic E-state index is 0.869. The molecule has 262 valence electrons. The van der Waals surface area contributed by atoms with E-state index in [-0.39, 0.29) is 0 Å². The molecule has 6 aromatic carbocycles. The van der Waals surface area contributed by atoms with Crippen LogP contribution in [0, 0.1) is 0 Å². The van der Waals surface area contributed by atoms with Crippen LogP contribution >= 0.6 is 0 Å². The van der Waals surface area contributed by atoms with Crippen molar-refractivity contribution in [3.05, 3.63) is 195 Å².